The largest absolute Gasteiger partial charge is 0.494 e. The van der Waals surface area contributed by atoms with Crippen molar-refractivity contribution >= 4 is 5.91 Å². The maximum atomic E-state index is 11.1. The van der Waals surface area contributed by atoms with Gasteiger partial charge in [0.05, 0.1) is 6.61 Å². The molecule has 3 N–H and O–H groups in total. The summed E-state index contributed by atoms with van der Waals surface area (Å²) in [6.07, 6.45) is -0.622. The van der Waals surface area contributed by atoms with Gasteiger partial charge in [0.15, 0.2) is 6.10 Å². The van der Waals surface area contributed by atoms with Crippen LogP contribution in [0.25, 0.3) is 0 Å². The monoisotopic (exact) mass is 224 g/mol. The van der Waals surface area contributed by atoms with E-state index in [1.54, 1.807) is 31.2 Å². The van der Waals surface area contributed by atoms with Gasteiger partial charge in [-0.2, -0.15) is 0 Å². The van der Waals surface area contributed by atoms with Crippen LogP contribution >= 0.6 is 0 Å². The van der Waals surface area contributed by atoms with Gasteiger partial charge in [-0.1, -0.05) is 0 Å². The van der Waals surface area contributed by atoms with Crippen LogP contribution < -0.4 is 20.7 Å². The van der Waals surface area contributed by atoms with Crippen molar-refractivity contribution < 1.29 is 14.3 Å². The molecule has 1 aromatic carbocycles. The van der Waals surface area contributed by atoms with E-state index in [0.717, 1.165) is 5.75 Å². The van der Waals surface area contributed by atoms with Crippen LogP contribution in [0.3, 0.4) is 0 Å². The van der Waals surface area contributed by atoms with Crippen molar-refractivity contribution in [1.29, 1.82) is 0 Å². The fourth-order valence-electron chi connectivity index (χ4n) is 1.16. The standard InChI is InChI=1S/C11H16N2O3/c1-3-15-9-4-6-10(7-5-9)16-8(2)11(14)13-12/h4-8H,3,12H2,1-2H3,(H,13,14). The molecule has 0 fully saturated rings. The second-order valence-corrected chi connectivity index (χ2v) is 3.17. The molecular formula is C11H16N2O3. The lowest BCUT2D eigenvalue weighted by Crippen LogP contribution is -2.40. The van der Waals surface area contributed by atoms with Crippen LogP contribution in [0, 0.1) is 0 Å². The molecule has 0 aliphatic rings. The first kappa shape index (κ1) is 12.3. The lowest BCUT2D eigenvalue weighted by Gasteiger charge is -2.13. The van der Waals surface area contributed by atoms with Gasteiger partial charge in [-0.25, -0.2) is 5.84 Å². The third-order valence-corrected chi connectivity index (χ3v) is 1.96. The van der Waals surface area contributed by atoms with Gasteiger partial charge in [-0.05, 0) is 38.1 Å². The van der Waals surface area contributed by atoms with Crippen LogP contribution in [0.5, 0.6) is 11.5 Å². The average molecular weight is 224 g/mol. The first-order valence-electron chi connectivity index (χ1n) is 5.07. The first-order valence-corrected chi connectivity index (χ1v) is 5.07. The molecule has 1 unspecified atom stereocenters. The van der Waals surface area contributed by atoms with Gasteiger partial charge in [-0.3, -0.25) is 10.2 Å². The molecule has 16 heavy (non-hydrogen) atoms. The number of carbonyl (C=O) groups is 1. The predicted molar refractivity (Wildman–Crippen MR) is 60.0 cm³/mol. The highest BCUT2D eigenvalue weighted by Crippen LogP contribution is 2.18. The minimum absolute atomic E-state index is 0.367. The lowest BCUT2D eigenvalue weighted by molar-refractivity contribution is -0.127. The third kappa shape index (κ3) is 3.43. The molecule has 0 spiro atoms. The van der Waals surface area contributed by atoms with E-state index in [1.165, 1.54) is 0 Å². The number of benzene rings is 1. The van der Waals surface area contributed by atoms with Crippen LogP contribution in [-0.2, 0) is 4.79 Å². The molecule has 0 aliphatic heterocycles. The number of rotatable bonds is 5. The Hall–Kier alpha value is -1.75. The Kier molecular flexibility index (Phi) is 4.60. The maximum absolute atomic E-state index is 11.1. The molecule has 1 amide bonds. The molecule has 0 saturated heterocycles. The number of hydrazine groups is 1. The van der Waals surface area contributed by atoms with Crippen molar-refractivity contribution in [3.05, 3.63) is 24.3 Å². The zero-order valence-electron chi connectivity index (χ0n) is 9.40. The average Bonchev–Trinajstić information content (AvgIpc) is 2.31. The summed E-state index contributed by atoms with van der Waals surface area (Å²) in [5.41, 5.74) is 2.03. The van der Waals surface area contributed by atoms with Crippen molar-refractivity contribution in [3.8, 4) is 11.5 Å². The Bertz CT molecular complexity index is 338. The molecule has 0 aliphatic carbocycles. The predicted octanol–water partition coefficient (Wildman–Crippen LogP) is 0.842. The SMILES string of the molecule is CCOc1ccc(OC(C)C(=O)NN)cc1. The van der Waals surface area contributed by atoms with E-state index in [-0.39, 0.29) is 5.91 Å². The van der Waals surface area contributed by atoms with E-state index in [9.17, 15) is 4.79 Å². The second kappa shape index (κ2) is 5.97. The number of hydrogen-bond donors (Lipinski definition) is 2. The second-order valence-electron chi connectivity index (χ2n) is 3.17. The molecule has 1 aromatic rings. The fraction of sp³-hybridized carbons (Fsp3) is 0.364. The van der Waals surface area contributed by atoms with E-state index in [4.69, 9.17) is 15.3 Å². The van der Waals surface area contributed by atoms with Crippen LogP contribution in [0.15, 0.2) is 24.3 Å². The Morgan fingerprint density at radius 2 is 1.94 bits per heavy atom. The van der Waals surface area contributed by atoms with Gasteiger partial charge >= 0.3 is 0 Å². The van der Waals surface area contributed by atoms with Gasteiger partial charge in [0.25, 0.3) is 5.91 Å². The fourth-order valence-corrected chi connectivity index (χ4v) is 1.16. The van der Waals surface area contributed by atoms with E-state index in [2.05, 4.69) is 0 Å². The molecule has 0 bridgehead atoms. The van der Waals surface area contributed by atoms with Crippen molar-refractivity contribution in [2.45, 2.75) is 20.0 Å². The molecule has 5 heteroatoms. The molecule has 0 radical (unpaired) electrons. The number of carbonyl (C=O) groups excluding carboxylic acids is 1. The summed E-state index contributed by atoms with van der Waals surface area (Å²) in [5.74, 6) is 5.99. The molecular weight excluding hydrogens is 208 g/mol. The highest BCUT2D eigenvalue weighted by Gasteiger charge is 2.12. The van der Waals surface area contributed by atoms with Crippen molar-refractivity contribution in [2.24, 2.45) is 5.84 Å². The van der Waals surface area contributed by atoms with Gasteiger partial charge in [0.1, 0.15) is 11.5 Å². The maximum Gasteiger partial charge on any atom is 0.274 e. The van der Waals surface area contributed by atoms with E-state index in [1.807, 2.05) is 12.3 Å². The summed E-state index contributed by atoms with van der Waals surface area (Å²) in [6.45, 7) is 4.16. The number of ether oxygens (including phenoxy) is 2. The molecule has 0 aromatic heterocycles. The number of hydrogen-bond acceptors (Lipinski definition) is 4. The summed E-state index contributed by atoms with van der Waals surface area (Å²) < 4.78 is 10.6. The Morgan fingerprint density at radius 3 is 2.44 bits per heavy atom. The number of nitrogens with one attached hydrogen (secondary N) is 1. The van der Waals surface area contributed by atoms with E-state index >= 15 is 0 Å². The highest BCUT2D eigenvalue weighted by molar-refractivity contribution is 5.80. The highest BCUT2D eigenvalue weighted by atomic mass is 16.5. The summed E-state index contributed by atoms with van der Waals surface area (Å²) in [5, 5.41) is 0. The van der Waals surface area contributed by atoms with Crippen molar-refractivity contribution in [2.75, 3.05) is 6.61 Å². The minimum atomic E-state index is -0.622. The van der Waals surface area contributed by atoms with Crippen LogP contribution in [0.2, 0.25) is 0 Å². The third-order valence-electron chi connectivity index (χ3n) is 1.96. The summed E-state index contributed by atoms with van der Waals surface area (Å²) >= 11 is 0. The molecule has 88 valence electrons. The van der Waals surface area contributed by atoms with Gasteiger partial charge in [0.2, 0.25) is 0 Å². The topological polar surface area (TPSA) is 73.6 Å². The number of nitrogens with two attached hydrogens (primary N) is 1. The Labute approximate surface area is 94.5 Å². The normalized spacial score (nSPS) is 11.7. The Morgan fingerprint density at radius 1 is 1.38 bits per heavy atom. The van der Waals surface area contributed by atoms with Crippen molar-refractivity contribution in [1.82, 2.24) is 5.43 Å². The molecule has 1 rings (SSSR count). The molecule has 5 nitrogen and oxygen atoms in total. The van der Waals surface area contributed by atoms with Crippen molar-refractivity contribution in [3.63, 3.8) is 0 Å². The zero-order chi connectivity index (χ0) is 12.0. The lowest BCUT2D eigenvalue weighted by atomic mass is 10.3. The molecule has 0 saturated carbocycles. The quantitative estimate of drug-likeness (QED) is 0.441. The van der Waals surface area contributed by atoms with E-state index in [0.29, 0.717) is 12.4 Å². The van der Waals surface area contributed by atoms with Crippen LogP contribution in [0.4, 0.5) is 0 Å². The number of amides is 1. The van der Waals surface area contributed by atoms with Gasteiger partial charge in [-0.15, -0.1) is 0 Å². The summed E-state index contributed by atoms with van der Waals surface area (Å²) in [6, 6.07) is 7.05. The molecule has 1 atom stereocenters. The van der Waals surface area contributed by atoms with Crippen LogP contribution in [-0.4, -0.2) is 18.6 Å². The summed E-state index contributed by atoms with van der Waals surface area (Å²) in [7, 11) is 0. The van der Waals surface area contributed by atoms with E-state index < -0.39 is 6.10 Å². The smallest absolute Gasteiger partial charge is 0.274 e. The van der Waals surface area contributed by atoms with Gasteiger partial charge < -0.3 is 9.47 Å². The van der Waals surface area contributed by atoms with Crippen LogP contribution in [0.1, 0.15) is 13.8 Å². The summed E-state index contributed by atoms with van der Waals surface area (Å²) in [4.78, 5) is 11.1. The minimum Gasteiger partial charge on any atom is -0.494 e. The Balaban J connectivity index is 2.58. The van der Waals surface area contributed by atoms with Gasteiger partial charge in [0, 0.05) is 0 Å². The first-order chi connectivity index (χ1) is 7.67. The zero-order valence-corrected chi connectivity index (χ0v) is 9.40. The molecule has 0 heterocycles.